The lowest BCUT2D eigenvalue weighted by molar-refractivity contribution is 0.689. The third-order valence-corrected chi connectivity index (χ3v) is 3.77. The second kappa shape index (κ2) is 4.58. The van der Waals surface area contributed by atoms with Crippen LogP contribution in [0.15, 0.2) is 24.3 Å². The average Bonchev–Trinajstić information content (AvgIpc) is 3.00. The first kappa shape index (κ1) is 11.5. The topological polar surface area (TPSA) is 43.8 Å². The third-order valence-electron chi connectivity index (χ3n) is 3.77. The van der Waals surface area contributed by atoms with E-state index in [4.69, 9.17) is 10.7 Å². The highest BCUT2D eigenvalue weighted by Crippen LogP contribution is 2.29. The van der Waals surface area contributed by atoms with Crippen LogP contribution in [0.25, 0.3) is 11.3 Å². The molecule has 0 unspecified atom stereocenters. The highest BCUT2D eigenvalue weighted by Gasteiger charge is 2.21. The summed E-state index contributed by atoms with van der Waals surface area (Å²) in [5.74, 6) is 1.03. The van der Waals surface area contributed by atoms with Gasteiger partial charge in [-0.3, -0.25) is 0 Å². The number of rotatable bonds is 3. The highest BCUT2D eigenvalue weighted by molar-refractivity contribution is 5.63. The highest BCUT2D eigenvalue weighted by atomic mass is 15.1. The molecule has 2 aromatic rings. The average molecular weight is 241 g/mol. The maximum Gasteiger partial charge on any atom is 0.123 e. The van der Waals surface area contributed by atoms with E-state index in [-0.39, 0.29) is 0 Å². The van der Waals surface area contributed by atoms with Crippen LogP contribution in [0.3, 0.4) is 0 Å². The van der Waals surface area contributed by atoms with E-state index in [9.17, 15) is 0 Å². The van der Waals surface area contributed by atoms with Crippen LogP contribution in [0.1, 0.15) is 30.4 Å². The Morgan fingerprint density at radius 1 is 1.28 bits per heavy atom. The van der Waals surface area contributed by atoms with Crippen molar-refractivity contribution < 1.29 is 0 Å². The molecule has 1 aliphatic rings. The number of hydrogen-bond donors (Lipinski definition) is 1. The van der Waals surface area contributed by atoms with Crippen LogP contribution >= 0.6 is 0 Å². The van der Waals surface area contributed by atoms with E-state index in [0.29, 0.717) is 6.54 Å². The molecule has 0 saturated carbocycles. The molecule has 3 nitrogen and oxygen atoms in total. The Hall–Kier alpha value is -1.61. The largest absolute Gasteiger partial charge is 0.330 e. The number of imidazole rings is 1. The number of aryl methyl sites for hydroxylation is 1. The summed E-state index contributed by atoms with van der Waals surface area (Å²) in [7, 11) is 0. The van der Waals surface area contributed by atoms with Crippen LogP contribution in [0.4, 0.5) is 0 Å². The van der Waals surface area contributed by atoms with Crippen molar-refractivity contribution in [3.8, 4) is 11.3 Å². The molecule has 0 spiro atoms. The predicted octanol–water partition coefficient (Wildman–Crippen LogP) is 2.52. The fourth-order valence-corrected chi connectivity index (χ4v) is 2.74. The Labute approximate surface area is 108 Å². The zero-order chi connectivity index (χ0) is 12.5. The summed E-state index contributed by atoms with van der Waals surface area (Å²) in [6.45, 7) is 3.78. The summed E-state index contributed by atoms with van der Waals surface area (Å²) in [6.07, 6.45) is 3.42. The van der Waals surface area contributed by atoms with Gasteiger partial charge in [0.15, 0.2) is 0 Å². The summed E-state index contributed by atoms with van der Waals surface area (Å²) >= 11 is 0. The van der Waals surface area contributed by atoms with Crippen LogP contribution in [0.5, 0.6) is 0 Å². The van der Waals surface area contributed by atoms with Gasteiger partial charge in [-0.1, -0.05) is 31.2 Å². The Morgan fingerprint density at radius 3 is 2.72 bits per heavy atom. The first-order valence-corrected chi connectivity index (χ1v) is 6.71. The van der Waals surface area contributed by atoms with Gasteiger partial charge in [0.1, 0.15) is 5.82 Å². The van der Waals surface area contributed by atoms with Gasteiger partial charge in [0.25, 0.3) is 0 Å². The molecule has 18 heavy (non-hydrogen) atoms. The molecule has 1 aliphatic heterocycles. The molecule has 3 rings (SSSR count). The van der Waals surface area contributed by atoms with Crippen LogP contribution in [-0.4, -0.2) is 9.55 Å². The van der Waals surface area contributed by atoms with Gasteiger partial charge < -0.3 is 10.3 Å². The Bertz CT molecular complexity index is 552. The maximum absolute atomic E-state index is 5.78. The second-order valence-electron chi connectivity index (χ2n) is 4.83. The molecule has 2 heterocycles. The van der Waals surface area contributed by atoms with Crippen molar-refractivity contribution in [3.05, 3.63) is 41.3 Å². The van der Waals surface area contributed by atoms with Gasteiger partial charge in [0, 0.05) is 17.8 Å². The fraction of sp³-hybridized carbons (Fsp3) is 0.400. The maximum atomic E-state index is 5.78. The van der Waals surface area contributed by atoms with Crippen molar-refractivity contribution in [1.82, 2.24) is 9.55 Å². The van der Waals surface area contributed by atoms with Crippen LogP contribution in [-0.2, 0) is 25.9 Å². The van der Waals surface area contributed by atoms with E-state index in [1.807, 2.05) is 0 Å². The first-order chi connectivity index (χ1) is 8.83. The van der Waals surface area contributed by atoms with Gasteiger partial charge in [-0.05, 0) is 24.8 Å². The fourth-order valence-electron chi connectivity index (χ4n) is 2.74. The minimum Gasteiger partial charge on any atom is -0.330 e. The molecule has 2 N–H and O–H groups in total. The van der Waals surface area contributed by atoms with Gasteiger partial charge in [-0.25, -0.2) is 4.98 Å². The Kier molecular flexibility index (Phi) is 2.92. The lowest BCUT2D eigenvalue weighted by Gasteiger charge is -2.02. The smallest absolute Gasteiger partial charge is 0.123 e. The zero-order valence-corrected chi connectivity index (χ0v) is 10.8. The van der Waals surface area contributed by atoms with Crippen molar-refractivity contribution in [2.45, 2.75) is 39.3 Å². The third kappa shape index (κ3) is 1.75. The minimum atomic E-state index is 0.528. The van der Waals surface area contributed by atoms with Crippen LogP contribution < -0.4 is 5.73 Å². The van der Waals surface area contributed by atoms with Gasteiger partial charge in [-0.15, -0.1) is 0 Å². The Morgan fingerprint density at radius 2 is 2.06 bits per heavy atom. The molecule has 0 bridgehead atoms. The van der Waals surface area contributed by atoms with Gasteiger partial charge >= 0.3 is 0 Å². The molecule has 3 heteroatoms. The van der Waals surface area contributed by atoms with E-state index in [0.717, 1.165) is 30.9 Å². The van der Waals surface area contributed by atoms with E-state index in [1.54, 1.807) is 0 Å². The molecule has 0 aliphatic carbocycles. The number of nitrogens with zero attached hydrogens (tertiary/aromatic N) is 2. The first-order valence-electron chi connectivity index (χ1n) is 6.71. The molecule has 1 aromatic heterocycles. The van der Waals surface area contributed by atoms with Crippen molar-refractivity contribution >= 4 is 0 Å². The standard InChI is InChI=1S/C15H19N3/c1-2-11-5-7-12(8-6-11)15-13-4-3-9-18(13)14(10-16)17-15/h5-8H,2-4,9-10,16H2,1H3. The summed E-state index contributed by atoms with van der Waals surface area (Å²) in [5, 5.41) is 0. The normalized spacial score (nSPS) is 13.9. The van der Waals surface area contributed by atoms with Crippen LogP contribution in [0.2, 0.25) is 0 Å². The SMILES string of the molecule is CCc1ccc(-c2nc(CN)n3c2CCC3)cc1. The van der Waals surface area contributed by atoms with E-state index >= 15 is 0 Å². The van der Waals surface area contributed by atoms with Gasteiger partial charge in [-0.2, -0.15) is 0 Å². The van der Waals surface area contributed by atoms with Gasteiger partial charge in [0.05, 0.1) is 12.2 Å². The monoisotopic (exact) mass is 241 g/mol. The number of aromatic nitrogens is 2. The summed E-state index contributed by atoms with van der Waals surface area (Å²) in [6, 6.07) is 8.75. The molecule has 0 fully saturated rings. The van der Waals surface area contributed by atoms with Crippen LogP contribution in [0, 0.1) is 0 Å². The van der Waals surface area contributed by atoms with E-state index < -0.39 is 0 Å². The molecular weight excluding hydrogens is 222 g/mol. The molecular formula is C15H19N3. The van der Waals surface area contributed by atoms with Crippen molar-refractivity contribution in [3.63, 3.8) is 0 Å². The van der Waals surface area contributed by atoms with Crippen molar-refractivity contribution in [2.75, 3.05) is 0 Å². The lowest BCUT2D eigenvalue weighted by Crippen LogP contribution is -2.06. The Balaban J connectivity index is 2.05. The molecule has 0 atom stereocenters. The van der Waals surface area contributed by atoms with Crippen molar-refractivity contribution in [2.24, 2.45) is 5.73 Å². The molecule has 1 aromatic carbocycles. The van der Waals surface area contributed by atoms with E-state index in [1.165, 1.54) is 23.2 Å². The van der Waals surface area contributed by atoms with Crippen molar-refractivity contribution in [1.29, 1.82) is 0 Å². The minimum absolute atomic E-state index is 0.528. The quantitative estimate of drug-likeness (QED) is 0.897. The molecule has 0 amide bonds. The number of hydrogen-bond acceptors (Lipinski definition) is 2. The number of benzene rings is 1. The van der Waals surface area contributed by atoms with E-state index in [2.05, 4.69) is 35.8 Å². The summed E-state index contributed by atoms with van der Waals surface area (Å²) < 4.78 is 2.29. The summed E-state index contributed by atoms with van der Waals surface area (Å²) in [5.41, 5.74) is 10.9. The van der Waals surface area contributed by atoms with Gasteiger partial charge in [0.2, 0.25) is 0 Å². The lowest BCUT2D eigenvalue weighted by atomic mass is 10.1. The predicted molar refractivity (Wildman–Crippen MR) is 73.3 cm³/mol. The molecule has 0 radical (unpaired) electrons. The second-order valence-corrected chi connectivity index (χ2v) is 4.83. The zero-order valence-electron chi connectivity index (χ0n) is 10.8. The number of fused-ring (bicyclic) bond motifs is 1. The molecule has 0 saturated heterocycles. The summed E-state index contributed by atoms with van der Waals surface area (Å²) in [4.78, 5) is 4.71. The number of nitrogens with two attached hydrogens (primary N) is 1. The molecule has 94 valence electrons.